The monoisotopic (exact) mass is 378 g/mol. The van der Waals surface area contributed by atoms with Gasteiger partial charge in [-0.05, 0) is 42.3 Å². The van der Waals surface area contributed by atoms with Gasteiger partial charge in [0.15, 0.2) is 6.61 Å². The summed E-state index contributed by atoms with van der Waals surface area (Å²) in [6, 6.07) is 13.7. The van der Waals surface area contributed by atoms with E-state index in [-0.39, 0.29) is 42.7 Å². The van der Waals surface area contributed by atoms with Crippen LogP contribution in [-0.2, 0) is 25.5 Å². The number of carbonyl (C=O) groups is 4. The highest BCUT2D eigenvalue weighted by atomic mass is 16.5. The van der Waals surface area contributed by atoms with E-state index in [0.29, 0.717) is 12.2 Å². The van der Waals surface area contributed by atoms with Crippen LogP contribution in [0.3, 0.4) is 0 Å². The van der Waals surface area contributed by atoms with Crippen molar-refractivity contribution < 1.29 is 23.9 Å². The normalized spacial score (nSPS) is 15.7. The molecule has 0 bridgehead atoms. The molecular formula is C21H18N2O5. The van der Waals surface area contributed by atoms with E-state index in [1.165, 1.54) is 24.3 Å². The van der Waals surface area contributed by atoms with Crippen LogP contribution < -0.4 is 9.80 Å². The van der Waals surface area contributed by atoms with Crippen LogP contribution in [0.15, 0.2) is 48.5 Å². The summed E-state index contributed by atoms with van der Waals surface area (Å²) in [6.45, 7) is 0.223. The van der Waals surface area contributed by atoms with Gasteiger partial charge in [-0.1, -0.05) is 18.2 Å². The van der Waals surface area contributed by atoms with Crippen molar-refractivity contribution in [2.45, 2.75) is 19.3 Å². The van der Waals surface area contributed by atoms with E-state index in [2.05, 4.69) is 0 Å². The number of hydrogen-bond donors (Lipinski definition) is 0. The molecule has 2 heterocycles. The van der Waals surface area contributed by atoms with Crippen molar-refractivity contribution in [1.82, 2.24) is 0 Å². The minimum Gasteiger partial charge on any atom is -0.452 e. The molecule has 28 heavy (non-hydrogen) atoms. The Hall–Kier alpha value is -3.48. The molecule has 0 unspecified atom stereocenters. The number of nitrogens with zero attached hydrogens (tertiary/aromatic N) is 2. The van der Waals surface area contributed by atoms with Crippen LogP contribution in [0.4, 0.5) is 11.4 Å². The zero-order chi connectivity index (χ0) is 19.7. The van der Waals surface area contributed by atoms with Gasteiger partial charge in [-0.25, -0.2) is 4.79 Å². The minimum absolute atomic E-state index is 0.199. The van der Waals surface area contributed by atoms with Gasteiger partial charge in [-0.2, -0.15) is 0 Å². The molecule has 0 aromatic heterocycles. The fraction of sp³-hybridized carbons (Fsp3) is 0.238. The Labute approximate surface area is 161 Å². The summed E-state index contributed by atoms with van der Waals surface area (Å²) in [7, 11) is 0. The minimum atomic E-state index is -0.633. The number of anilines is 2. The number of para-hydroxylation sites is 1. The quantitative estimate of drug-likeness (QED) is 0.601. The molecule has 7 heteroatoms. The molecule has 7 nitrogen and oxygen atoms in total. The first-order valence-corrected chi connectivity index (χ1v) is 9.06. The fourth-order valence-electron chi connectivity index (χ4n) is 3.50. The van der Waals surface area contributed by atoms with Gasteiger partial charge in [0.2, 0.25) is 11.8 Å². The average molecular weight is 378 g/mol. The number of ether oxygens (including phenoxy) is 1. The van der Waals surface area contributed by atoms with E-state index in [1.807, 2.05) is 24.3 Å². The van der Waals surface area contributed by atoms with E-state index in [9.17, 15) is 19.2 Å². The lowest BCUT2D eigenvalue weighted by atomic mass is 10.2. The van der Waals surface area contributed by atoms with Gasteiger partial charge in [0.05, 0.1) is 11.3 Å². The smallest absolute Gasteiger partial charge is 0.338 e. The summed E-state index contributed by atoms with van der Waals surface area (Å²) >= 11 is 0. The first-order chi connectivity index (χ1) is 13.5. The molecule has 0 saturated carbocycles. The highest BCUT2D eigenvalue weighted by Gasteiger charge is 2.30. The molecule has 3 amide bonds. The van der Waals surface area contributed by atoms with Crippen molar-refractivity contribution in [3.63, 3.8) is 0 Å². The molecule has 2 aliphatic rings. The molecule has 0 radical (unpaired) electrons. The summed E-state index contributed by atoms with van der Waals surface area (Å²) in [4.78, 5) is 50.9. The first-order valence-electron chi connectivity index (χ1n) is 9.06. The molecule has 0 spiro atoms. The van der Waals surface area contributed by atoms with Crippen LogP contribution in [0.1, 0.15) is 28.8 Å². The number of esters is 1. The van der Waals surface area contributed by atoms with Crippen LogP contribution in [0.5, 0.6) is 0 Å². The third kappa shape index (κ3) is 3.26. The van der Waals surface area contributed by atoms with Crippen molar-refractivity contribution >= 4 is 35.1 Å². The predicted octanol–water partition coefficient (Wildman–Crippen LogP) is 2.09. The lowest BCUT2D eigenvalue weighted by Crippen LogP contribution is -2.33. The fourth-order valence-corrected chi connectivity index (χ4v) is 3.50. The lowest BCUT2D eigenvalue weighted by Gasteiger charge is -2.17. The van der Waals surface area contributed by atoms with Crippen LogP contribution in [0.2, 0.25) is 0 Å². The van der Waals surface area contributed by atoms with Gasteiger partial charge in [-0.15, -0.1) is 0 Å². The first kappa shape index (κ1) is 17.9. The molecule has 4 rings (SSSR count). The maximum atomic E-state index is 12.4. The highest BCUT2D eigenvalue weighted by Crippen LogP contribution is 2.27. The number of fused-ring (bicyclic) bond motifs is 1. The van der Waals surface area contributed by atoms with Gasteiger partial charge in [0.25, 0.3) is 5.91 Å². The van der Waals surface area contributed by atoms with E-state index in [1.54, 1.807) is 4.90 Å². The predicted molar refractivity (Wildman–Crippen MR) is 101 cm³/mol. The van der Waals surface area contributed by atoms with Crippen molar-refractivity contribution in [2.24, 2.45) is 0 Å². The van der Waals surface area contributed by atoms with Crippen molar-refractivity contribution in [3.8, 4) is 0 Å². The molecule has 0 aliphatic carbocycles. The van der Waals surface area contributed by atoms with E-state index >= 15 is 0 Å². The molecule has 2 aromatic rings. The molecule has 2 aromatic carbocycles. The van der Waals surface area contributed by atoms with Gasteiger partial charge in [-0.3, -0.25) is 19.3 Å². The maximum absolute atomic E-state index is 12.4. The second kappa shape index (κ2) is 7.26. The van der Waals surface area contributed by atoms with E-state index in [0.717, 1.165) is 22.6 Å². The zero-order valence-electron chi connectivity index (χ0n) is 15.1. The van der Waals surface area contributed by atoms with Gasteiger partial charge >= 0.3 is 5.97 Å². The number of imide groups is 1. The molecular weight excluding hydrogens is 360 g/mol. The Morgan fingerprint density at radius 1 is 0.893 bits per heavy atom. The van der Waals surface area contributed by atoms with Crippen molar-refractivity contribution in [3.05, 3.63) is 59.7 Å². The zero-order valence-corrected chi connectivity index (χ0v) is 15.1. The Kier molecular flexibility index (Phi) is 4.65. The second-order valence-corrected chi connectivity index (χ2v) is 6.67. The van der Waals surface area contributed by atoms with Crippen LogP contribution >= 0.6 is 0 Å². The standard InChI is InChI=1S/C21H18N2O5/c24-18-9-10-19(25)23(18)16-7-5-15(6-8-16)21(27)28-13-20(26)22-12-11-14-3-1-2-4-17(14)22/h1-8H,9-13H2. The Morgan fingerprint density at radius 2 is 1.57 bits per heavy atom. The van der Waals surface area contributed by atoms with Gasteiger partial charge < -0.3 is 9.64 Å². The average Bonchev–Trinajstić information content (AvgIpc) is 3.29. The number of benzene rings is 2. The Bertz CT molecular complexity index is 951. The number of rotatable bonds is 4. The number of hydrogen-bond acceptors (Lipinski definition) is 5. The molecule has 0 atom stereocenters. The van der Waals surface area contributed by atoms with Crippen molar-refractivity contribution in [2.75, 3.05) is 23.0 Å². The molecule has 0 N–H and O–H groups in total. The van der Waals surface area contributed by atoms with Crippen LogP contribution in [0, 0.1) is 0 Å². The van der Waals surface area contributed by atoms with Gasteiger partial charge in [0, 0.05) is 25.1 Å². The third-order valence-corrected chi connectivity index (χ3v) is 4.93. The van der Waals surface area contributed by atoms with Crippen molar-refractivity contribution in [1.29, 1.82) is 0 Å². The molecule has 142 valence electrons. The Morgan fingerprint density at radius 3 is 2.29 bits per heavy atom. The van der Waals surface area contributed by atoms with E-state index < -0.39 is 5.97 Å². The summed E-state index contributed by atoms with van der Waals surface area (Å²) in [5, 5.41) is 0. The molecule has 1 saturated heterocycles. The van der Waals surface area contributed by atoms with E-state index in [4.69, 9.17) is 4.74 Å². The summed E-state index contributed by atoms with van der Waals surface area (Å²) < 4.78 is 5.15. The summed E-state index contributed by atoms with van der Waals surface area (Å²) in [6.07, 6.45) is 1.18. The number of amides is 3. The maximum Gasteiger partial charge on any atom is 0.338 e. The second-order valence-electron chi connectivity index (χ2n) is 6.67. The number of carbonyl (C=O) groups excluding carboxylic acids is 4. The summed E-state index contributed by atoms with van der Waals surface area (Å²) in [5.41, 5.74) is 2.63. The lowest BCUT2D eigenvalue weighted by molar-refractivity contribution is -0.122. The molecule has 1 fully saturated rings. The van der Waals surface area contributed by atoms with Crippen LogP contribution in [-0.4, -0.2) is 36.8 Å². The molecule has 2 aliphatic heterocycles. The van der Waals surface area contributed by atoms with Gasteiger partial charge in [0.1, 0.15) is 0 Å². The highest BCUT2D eigenvalue weighted by molar-refractivity contribution is 6.19. The van der Waals surface area contributed by atoms with Crippen LogP contribution in [0.25, 0.3) is 0 Å². The Balaban J connectivity index is 1.37. The third-order valence-electron chi connectivity index (χ3n) is 4.93. The topological polar surface area (TPSA) is 84.0 Å². The largest absolute Gasteiger partial charge is 0.452 e. The SMILES string of the molecule is O=C(OCC(=O)N1CCc2ccccc21)c1ccc(N2C(=O)CCC2=O)cc1. The summed E-state index contributed by atoms with van der Waals surface area (Å²) in [5.74, 6) is -1.41.